The molecule has 0 bridgehead atoms. The van der Waals surface area contributed by atoms with Crippen LogP contribution in [0.2, 0.25) is 0 Å². The van der Waals surface area contributed by atoms with E-state index in [1.54, 1.807) is 25.7 Å². The first-order valence-corrected chi connectivity index (χ1v) is 8.54. The molecule has 0 amide bonds. The van der Waals surface area contributed by atoms with Gasteiger partial charge in [-0.2, -0.15) is 0 Å². The molecule has 0 aromatic rings. The van der Waals surface area contributed by atoms with Gasteiger partial charge in [0, 0.05) is 0 Å². The summed E-state index contributed by atoms with van der Waals surface area (Å²) < 4.78 is 0. The molecule has 0 saturated heterocycles. The summed E-state index contributed by atoms with van der Waals surface area (Å²) in [5.74, 6) is 3.84. The van der Waals surface area contributed by atoms with Crippen LogP contribution in [0.25, 0.3) is 0 Å². The molecule has 1 spiro atoms. The van der Waals surface area contributed by atoms with Crippen LogP contribution in [0.4, 0.5) is 0 Å². The first-order chi connectivity index (χ1) is 8.54. The zero-order chi connectivity index (χ0) is 14.3. The summed E-state index contributed by atoms with van der Waals surface area (Å²) in [6, 6.07) is 0. The van der Waals surface area contributed by atoms with Crippen LogP contribution in [0.5, 0.6) is 0 Å². The predicted octanol–water partition coefficient (Wildman–Crippen LogP) is 6.55. The van der Waals surface area contributed by atoms with Crippen molar-refractivity contribution in [2.24, 2.45) is 29.1 Å². The van der Waals surface area contributed by atoms with E-state index in [0.717, 1.165) is 29.1 Å². The van der Waals surface area contributed by atoms with E-state index in [4.69, 9.17) is 0 Å². The Bertz CT molecular complexity index is 198. The Balaban J connectivity index is 0.000000659. The maximum Gasteiger partial charge on any atom is -0.0294 e. The Hall–Kier alpha value is 0. The molecule has 2 fully saturated rings. The maximum absolute atomic E-state index is 2.43. The minimum atomic E-state index is 0.848. The van der Waals surface area contributed by atoms with Crippen LogP contribution in [0.15, 0.2) is 0 Å². The SMILES string of the molecule is CC.CC.CC(C)C1CCC2(CC2)CC1C(C)C. The molecule has 0 aromatic heterocycles. The molecule has 2 saturated carbocycles. The third-order valence-corrected chi connectivity index (χ3v) is 4.90. The zero-order valence-electron chi connectivity index (χ0n) is 14.3. The molecule has 2 aliphatic rings. The molecule has 2 unspecified atom stereocenters. The van der Waals surface area contributed by atoms with E-state index in [-0.39, 0.29) is 0 Å². The van der Waals surface area contributed by atoms with E-state index in [1.165, 1.54) is 6.42 Å². The Morgan fingerprint density at radius 3 is 1.50 bits per heavy atom. The van der Waals surface area contributed by atoms with Gasteiger partial charge in [0.25, 0.3) is 0 Å². The van der Waals surface area contributed by atoms with Crippen molar-refractivity contribution in [1.29, 1.82) is 0 Å². The Kier molecular flexibility index (Phi) is 8.23. The molecule has 0 heteroatoms. The molecule has 0 radical (unpaired) electrons. The van der Waals surface area contributed by atoms with Crippen LogP contribution in [0.1, 0.15) is 87.5 Å². The molecule has 0 heterocycles. The molecular formula is C18H38. The summed E-state index contributed by atoms with van der Waals surface area (Å²) in [5, 5.41) is 0. The minimum Gasteiger partial charge on any atom is -0.0683 e. The summed E-state index contributed by atoms with van der Waals surface area (Å²) in [7, 11) is 0. The Morgan fingerprint density at radius 1 is 0.722 bits per heavy atom. The fraction of sp³-hybridized carbons (Fsp3) is 1.00. The topological polar surface area (TPSA) is 0 Å². The quantitative estimate of drug-likeness (QED) is 0.524. The predicted molar refractivity (Wildman–Crippen MR) is 84.9 cm³/mol. The van der Waals surface area contributed by atoms with Crippen LogP contribution in [0, 0.1) is 29.1 Å². The summed E-state index contributed by atoms with van der Waals surface area (Å²) in [4.78, 5) is 0. The lowest BCUT2D eigenvalue weighted by Gasteiger charge is -2.41. The molecule has 0 aliphatic heterocycles. The lowest BCUT2D eigenvalue weighted by atomic mass is 9.64. The van der Waals surface area contributed by atoms with Crippen molar-refractivity contribution in [3.63, 3.8) is 0 Å². The highest BCUT2D eigenvalue weighted by molar-refractivity contribution is 5.00. The van der Waals surface area contributed by atoms with Gasteiger partial charge in [0.2, 0.25) is 0 Å². The van der Waals surface area contributed by atoms with Gasteiger partial charge in [-0.3, -0.25) is 0 Å². The van der Waals surface area contributed by atoms with Crippen LogP contribution in [-0.4, -0.2) is 0 Å². The van der Waals surface area contributed by atoms with E-state index < -0.39 is 0 Å². The number of rotatable bonds is 2. The third kappa shape index (κ3) is 4.59. The zero-order valence-corrected chi connectivity index (χ0v) is 14.3. The highest BCUT2D eigenvalue weighted by Crippen LogP contribution is 2.60. The highest BCUT2D eigenvalue weighted by atomic mass is 14.5. The lowest BCUT2D eigenvalue weighted by molar-refractivity contribution is 0.0895. The van der Waals surface area contributed by atoms with Crippen molar-refractivity contribution in [1.82, 2.24) is 0 Å². The molecule has 0 N–H and O–H groups in total. The molecule has 2 rings (SSSR count). The van der Waals surface area contributed by atoms with Gasteiger partial charge in [-0.05, 0) is 61.2 Å². The van der Waals surface area contributed by atoms with E-state index in [2.05, 4.69) is 27.7 Å². The van der Waals surface area contributed by atoms with Crippen molar-refractivity contribution < 1.29 is 0 Å². The van der Waals surface area contributed by atoms with E-state index in [9.17, 15) is 0 Å². The standard InChI is InChI=1S/C14H26.2C2H6/c1-10(2)12-5-6-14(7-8-14)9-13(12)11(3)4;2*1-2/h10-13H,5-9H2,1-4H3;2*1-2H3. The number of hydrogen-bond donors (Lipinski definition) is 0. The molecule has 18 heavy (non-hydrogen) atoms. The highest BCUT2D eigenvalue weighted by Gasteiger charge is 2.49. The second-order valence-corrected chi connectivity index (χ2v) is 6.56. The molecule has 0 aromatic carbocycles. The maximum atomic E-state index is 2.43. The van der Waals surface area contributed by atoms with Crippen molar-refractivity contribution in [3.8, 4) is 0 Å². The van der Waals surface area contributed by atoms with Crippen molar-refractivity contribution in [2.45, 2.75) is 87.5 Å². The molecule has 2 aliphatic carbocycles. The van der Waals surface area contributed by atoms with Crippen LogP contribution in [0.3, 0.4) is 0 Å². The lowest BCUT2D eigenvalue weighted by Crippen LogP contribution is -2.32. The number of hydrogen-bond acceptors (Lipinski definition) is 0. The molecule has 0 nitrogen and oxygen atoms in total. The second kappa shape index (κ2) is 8.23. The summed E-state index contributed by atoms with van der Waals surface area (Å²) in [5.41, 5.74) is 0.848. The van der Waals surface area contributed by atoms with Gasteiger partial charge in [0.15, 0.2) is 0 Å². The summed E-state index contributed by atoms with van der Waals surface area (Å²) in [6.07, 6.45) is 7.69. The van der Waals surface area contributed by atoms with Gasteiger partial charge >= 0.3 is 0 Å². The van der Waals surface area contributed by atoms with Gasteiger partial charge in [-0.1, -0.05) is 55.4 Å². The average Bonchev–Trinajstić information content (AvgIpc) is 3.13. The van der Waals surface area contributed by atoms with Crippen LogP contribution < -0.4 is 0 Å². The van der Waals surface area contributed by atoms with Gasteiger partial charge in [0.1, 0.15) is 0 Å². The molecular weight excluding hydrogens is 216 g/mol. The smallest absolute Gasteiger partial charge is 0.0294 e. The third-order valence-electron chi connectivity index (χ3n) is 4.90. The first-order valence-electron chi connectivity index (χ1n) is 8.54. The Labute approximate surface area is 117 Å². The summed E-state index contributed by atoms with van der Waals surface area (Å²) in [6.45, 7) is 17.7. The van der Waals surface area contributed by atoms with E-state index >= 15 is 0 Å². The monoisotopic (exact) mass is 254 g/mol. The van der Waals surface area contributed by atoms with Crippen LogP contribution >= 0.6 is 0 Å². The van der Waals surface area contributed by atoms with Gasteiger partial charge in [-0.25, -0.2) is 0 Å². The van der Waals surface area contributed by atoms with Crippen LogP contribution in [-0.2, 0) is 0 Å². The van der Waals surface area contributed by atoms with Crippen molar-refractivity contribution in [2.75, 3.05) is 0 Å². The second-order valence-electron chi connectivity index (χ2n) is 6.56. The van der Waals surface area contributed by atoms with E-state index in [0.29, 0.717) is 0 Å². The average molecular weight is 255 g/mol. The fourth-order valence-electron chi connectivity index (χ4n) is 3.63. The van der Waals surface area contributed by atoms with Crippen molar-refractivity contribution >= 4 is 0 Å². The Morgan fingerprint density at radius 2 is 1.17 bits per heavy atom. The van der Waals surface area contributed by atoms with Gasteiger partial charge < -0.3 is 0 Å². The van der Waals surface area contributed by atoms with E-state index in [1.807, 2.05) is 27.7 Å². The fourth-order valence-corrected chi connectivity index (χ4v) is 3.63. The molecule has 110 valence electrons. The first kappa shape index (κ1) is 18.0. The van der Waals surface area contributed by atoms with Gasteiger partial charge in [-0.15, -0.1) is 0 Å². The van der Waals surface area contributed by atoms with Crippen molar-refractivity contribution in [3.05, 3.63) is 0 Å². The van der Waals surface area contributed by atoms with Gasteiger partial charge in [0.05, 0.1) is 0 Å². The minimum absolute atomic E-state index is 0.848. The normalized spacial score (nSPS) is 28.3. The summed E-state index contributed by atoms with van der Waals surface area (Å²) >= 11 is 0. The molecule has 2 atom stereocenters. The largest absolute Gasteiger partial charge is 0.0683 e.